The van der Waals surface area contributed by atoms with Crippen LogP contribution in [-0.4, -0.2) is 38.9 Å². The van der Waals surface area contributed by atoms with E-state index in [1.54, 1.807) is 11.1 Å². The number of hydrogen-bond donors (Lipinski definition) is 1. The molecule has 0 aromatic carbocycles. The van der Waals surface area contributed by atoms with E-state index in [1.807, 2.05) is 34.9 Å². The van der Waals surface area contributed by atoms with Gasteiger partial charge in [0.15, 0.2) is 0 Å². The molecule has 5 nitrogen and oxygen atoms in total. The maximum absolute atomic E-state index is 12.8. The summed E-state index contributed by atoms with van der Waals surface area (Å²) in [6, 6.07) is 6.92. The number of fused-ring (bicyclic) bond motifs is 2. The Labute approximate surface area is 128 Å². The van der Waals surface area contributed by atoms with E-state index < -0.39 is 12.0 Å². The highest BCUT2D eigenvalue weighted by Crippen LogP contribution is 2.42. The standard InChI is InChI=1S/C17H18N2O3/c20-16(12-8-13-5-1-2-7-18(13)9-12)19-10-11-4-3-6-14(11)15(19)17(21)22/h1-2,5,7-9,11,14-15H,3-4,6,10H2,(H,21,22). The second-order valence-corrected chi connectivity index (χ2v) is 6.36. The molecule has 2 aliphatic rings. The summed E-state index contributed by atoms with van der Waals surface area (Å²) in [5.41, 5.74) is 1.51. The average Bonchev–Trinajstić information content (AvgIpc) is 3.18. The molecular weight excluding hydrogens is 280 g/mol. The Kier molecular flexibility index (Phi) is 2.96. The molecule has 114 valence electrons. The Bertz CT molecular complexity index is 718. The van der Waals surface area contributed by atoms with Crippen molar-refractivity contribution >= 4 is 17.4 Å². The van der Waals surface area contributed by atoms with Gasteiger partial charge in [-0.25, -0.2) is 4.79 Å². The van der Waals surface area contributed by atoms with Gasteiger partial charge >= 0.3 is 5.97 Å². The van der Waals surface area contributed by atoms with Crippen LogP contribution in [0.15, 0.2) is 36.7 Å². The van der Waals surface area contributed by atoms with Gasteiger partial charge < -0.3 is 14.4 Å². The number of pyridine rings is 1. The third kappa shape index (κ3) is 1.92. The maximum Gasteiger partial charge on any atom is 0.326 e. The third-order valence-corrected chi connectivity index (χ3v) is 5.16. The van der Waals surface area contributed by atoms with E-state index in [9.17, 15) is 14.7 Å². The Hall–Kier alpha value is -2.30. The first-order valence-electron chi connectivity index (χ1n) is 7.75. The van der Waals surface area contributed by atoms with Gasteiger partial charge in [0.2, 0.25) is 0 Å². The molecule has 5 heteroatoms. The number of nitrogens with zero attached hydrogens (tertiary/aromatic N) is 2. The van der Waals surface area contributed by atoms with Crippen LogP contribution in [0.5, 0.6) is 0 Å². The van der Waals surface area contributed by atoms with E-state index in [2.05, 4.69) is 0 Å². The number of likely N-dealkylation sites (tertiary alicyclic amines) is 1. The van der Waals surface area contributed by atoms with Crippen LogP contribution in [0.4, 0.5) is 0 Å². The summed E-state index contributed by atoms with van der Waals surface area (Å²) < 4.78 is 1.89. The quantitative estimate of drug-likeness (QED) is 0.925. The molecule has 1 saturated heterocycles. The molecule has 22 heavy (non-hydrogen) atoms. The molecule has 2 fully saturated rings. The summed E-state index contributed by atoms with van der Waals surface area (Å²) in [6.07, 6.45) is 6.71. The van der Waals surface area contributed by atoms with E-state index in [-0.39, 0.29) is 11.8 Å². The smallest absolute Gasteiger partial charge is 0.326 e. The van der Waals surface area contributed by atoms with E-state index >= 15 is 0 Å². The topological polar surface area (TPSA) is 62.0 Å². The van der Waals surface area contributed by atoms with Gasteiger partial charge in [-0.15, -0.1) is 0 Å². The summed E-state index contributed by atoms with van der Waals surface area (Å²) in [5.74, 6) is -0.558. The molecule has 4 rings (SSSR count). The lowest BCUT2D eigenvalue weighted by molar-refractivity contribution is -0.142. The highest BCUT2D eigenvalue weighted by atomic mass is 16.4. The largest absolute Gasteiger partial charge is 0.480 e. The minimum absolute atomic E-state index is 0.124. The number of carboxylic acids is 1. The van der Waals surface area contributed by atoms with Gasteiger partial charge in [-0.2, -0.15) is 0 Å². The summed E-state index contributed by atoms with van der Waals surface area (Å²) in [6.45, 7) is 0.576. The van der Waals surface area contributed by atoms with E-state index in [1.165, 1.54) is 0 Å². The molecule has 2 aromatic rings. The number of rotatable bonds is 2. The van der Waals surface area contributed by atoms with Crippen LogP contribution < -0.4 is 0 Å². The van der Waals surface area contributed by atoms with Crippen molar-refractivity contribution < 1.29 is 14.7 Å². The summed E-state index contributed by atoms with van der Waals surface area (Å²) >= 11 is 0. The van der Waals surface area contributed by atoms with Crippen LogP contribution in [0.1, 0.15) is 29.6 Å². The van der Waals surface area contributed by atoms with Crippen molar-refractivity contribution in [2.24, 2.45) is 11.8 Å². The number of carboxylic acid groups (broad SMARTS) is 1. The molecule has 1 aliphatic heterocycles. The average molecular weight is 298 g/mol. The first kappa shape index (κ1) is 13.4. The van der Waals surface area contributed by atoms with Crippen LogP contribution in [0.25, 0.3) is 5.52 Å². The van der Waals surface area contributed by atoms with E-state index in [4.69, 9.17) is 0 Å². The Morgan fingerprint density at radius 3 is 2.86 bits per heavy atom. The Morgan fingerprint density at radius 1 is 1.23 bits per heavy atom. The van der Waals surface area contributed by atoms with Crippen molar-refractivity contribution in [1.29, 1.82) is 0 Å². The molecule has 1 amide bonds. The number of aliphatic carboxylic acids is 1. The lowest BCUT2D eigenvalue weighted by Gasteiger charge is -2.23. The first-order valence-corrected chi connectivity index (χ1v) is 7.75. The minimum atomic E-state index is -0.869. The first-order chi connectivity index (χ1) is 10.6. The molecule has 1 saturated carbocycles. The molecule has 3 heterocycles. The van der Waals surface area contributed by atoms with Crippen LogP contribution in [0.3, 0.4) is 0 Å². The molecule has 3 atom stereocenters. The van der Waals surface area contributed by atoms with Crippen molar-refractivity contribution in [2.45, 2.75) is 25.3 Å². The Balaban J connectivity index is 1.68. The van der Waals surface area contributed by atoms with Gasteiger partial charge in [0.1, 0.15) is 6.04 Å². The predicted octanol–water partition coefficient (Wildman–Crippen LogP) is 2.26. The Morgan fingerprint density at radius 2 is 2.09 bits per heavy atom. The predicted molar refractivity (Wildman–Crippen MR) is 80.7 cm³/mol. The molecule has 1 aliphatic carbocycles. The fourth-order valence-corrected chi connectivity index (χ4v) is 4.17. The van der Waals surface area contributed by atoms with Gasteiger partial charge in [0.05, 0.1) is 5.56 Å². The van der Waals surface area contributed by atoms with Crippen molar-refractivity contribution in [2.75, 3.05) is 6.54 Å². The van der Waals surface area contributed by atoms with Gasteiger partial charge in [0, 0.05) is 24.5 Å². The second-order valence-electron chi connectivity index (χ2n) is 6.36. The zero-order valence-electron chi connectivity index (χ0n) is 12.2. The van der Waals surface area contributed by atoms with Crippen LogP contribution in [-0.2, 0) is 4.79 Å². The van der Waals surface area contributed by atoms with Gasteiger partial charge in [-0.1, -0.05) is 12.5 Å². The molecule has 0 bridgehead atoms. The molecular formula is C17H18N2O3. The normalized spacial score (nSPS) is 27.3. The lowest BCUT2D eigenvalue weighted by atomic mass is 9.94. The molecule has 0 radical (unpaired) electrons. The zero-order chi connectivity index (χ0) is 15.3. The summed E-state index contributed by atoms with van der Waals surface area (Å²) in [7, 11) is 0. The van der Waals surface area contributed by atoms with Crippen molar-refractivity contribution in [3.63, 3.8) is 0 Å². The number of carbonyl (C=O) groups is 2. The monoisotopic (exact) mass is 298 g/mol. The van der Waals surface area contributed by atoms with Crippen molar-refractivity contribution in [1.82, 2.24) is 9.30 Å². The summed E-state index contributed by atoms with van der Waals surface area (Å²) in [4.78, 5) is 26.1. The van der Waals surface area contributed by atoms with Crippen LogP contribution in [0.2, 0.25) is 0 Å². The third-order valence-electron chi connectivity index (χ3n) is 5.16. The molecule has 1 N–H and O–H groups in total. The highest BCUT2D eigenvalue weighted by Gasteiger charge is 2.49. The number of carbonyl (C=O) groups excluding carboxylic acids is 1. The van der Waals surface area contributed by atoms with E-state index in [0.717, 1.165) is 24.8 Å². The van der Waals surface area contributed by atoms with Gasteiger partial charge in [-0.05, 0) is 42.9 Å². The number of amides is 1. The fourth-order valence-electron chi connectivity index (χ4n) is 4.17. The molecule has 0 spiro atoms. The van der Waals surface area contributed by atoms with Crippen LogP contribution in [0, 0.1) is 11.8 Å². The van der Waals surface area contributed by atoms with Crippen molar-refractivity contribution in [3.05, 3.63) is 42.2 Å². The fraction of sp³-hybridized carbons (Fsp3) is 0.412. The number of hydrogen-bond acceptors (Lipinski definition) is 2. The summed E-state index contributed by atoms with van der Waals surface area (Å²) in [5, 5.41) is 9.57. The lowest BCUT2D eigenvalue weighted by Crippen LogP contribution is -2.43. The van der Waals surface area contributed by atoms with Gasteiger partial charge in [-0.3, -0.25) is 4.79 Å². The number of aromatic nitrogens is 1. The second kappa shape index (κ2) is 4.87. The van der Waals surface area contributed by atoms with Crippen molar-refractivity contribution in [3.8, 4) is 0 Å². The SMILES string of the molecule is O=C(O)C1C2CCCC2CN1C(=O)c1cc2ccccn2c1. The maximum atomic E-state index is 12.8. The van der Waals surface area contributed by atoms with E-state index in [0.29, 0.717) is 18.0 Å². The zero-order valence-corrected chi connectivity index (χ0v) is 12.2. The minimum Gasteiger partial charge on any atom is -0.480 e. The molecule has 2 aromatic heterocycles. The highest BCUT2D eigenvalue weighted by molar-refractivity contribution is 5.98. The van der Waals surface area contributed by atoms with Crippen LogP contribution >= 0.6 is 0 Å². The van der Waals surface area contributed by atoms with Gasteiger partial charge in [0.25, 0.3) is 5.91 Å². The molecule has 3 unspecified atom stereocenters.